The van der Waals surface area contributed by atoms with Gasteiger partial charge in [-0.25, -0.2) is 0 Å². The van der Waals surface area contributed by atoms with Crippen LogP contribution in [0.3, 0.4) is 0 Å². The second kappa shape index (κ2) is 12.0. The van der Waals surface area contributed by atoms with Crippen LogP contribution in [0.2, 0.25) is 0 Å². The Hall–Kier alpha value is -2.68. The monoisotopic (exact) mass is 442 g/mol. The molecule has 2 nitrogen and oxygen atoms in total. The largest absolute Gasteiger partial charge is 0.632 e. The van der Waals surface area contributed by atoms with Crippen LogP contribution < -0.4 is 14.8 Å². The Morgan fingerprint density at radius 3 is 1.21 bits per heavy atom. The van der Waals surface area contributed by atoms with Crippen LogP contribution in [0.15, 0.2) is 54.6 Å². The van der Waals surface area contributed by atoms with Gasteiger partial charge >= 0.3 is 7.12 Å². The summed E-state index contributed by atoms with van der Waals surface area (Å²) in [6.45, 7) is 13.2. The molecular weight excluding hydrogens is 403 g/mol. The molecule has 0 atom stereocenters. The molecule has 0 aliphatic rings. The molecule has 3 heteroatoms. The average Bonchev–Trinajstić information content (AvgIpc) is 2.87. The lowest BCUT2D eigenvalue weighted by molar-refractivity contribution is 0.438. The lowest BCUT2D eigenvalue weighted by Crippen LogP contribution is -2.43. The number of aryl methyl sites for hydroxylation is 6. The van der Waals surface area contributed by atoms with E-state index in [0.29, 0.717) is 0 Å². The lowest BCUT2D eigenvalue weighted by atomic mass is 9.76. The van der Waals surface area contributed by atoms with Gasteiger partial charge in [0.05, 0.1) is 0 Å². The normalized spacial score (nSPS) is 10.8. The topological polar surface area (TPSA) is 18.5 Å². The molecule has 3 rings (SSSR count). The summed E-state index contributed by atoms with van der Waals surface area (Å²) < 4.78 is 13.1. The molecule has 0 saturated heterocycles. The molecule has 3 aromatic rings. The van der Waals surface area contributed by atoms with Crippen LogP contribution in [0.25, 0.3) is 0 Å². The van der Waals surface area contributed by atoms with E-state index in [0.717, 1.165) is 55.5 Å². The summed E-state index contributed by atoms with van der Waals surface area (Å²) in [5.74, 6) is 1.71. The molecule has 0 radical (unpaired) electrons. The highest BCUT2D eigenvalue weighted by molar-refractivity contribution is 6.62. The molecule has 0 amide bonds. The molecule has 0 unspecified atom stereocenters. The molecule has 33 heavy (non-hydrogen) atoms. The summed E-state index contributed by atoms with van der Waals surface area (Å²) in [4.78, 5) is 0. The lowest BCUT2D eigenvalue weighted by Gasteiger charge is -2.20. The molecule has 174 valence electrons. The molecule has 0 aromatic heterocycles. The van der Waals surface area contributed by atoms with Crippen LogP contribution in [0.1, 0.15) is 74.9 Å². The van der Waals surface area contributed by atoms with E-state index in [9.17, 15) is 0 Å². The van der Waals surface area contributed by atoms with Crippen LogP contribution in [-0.2, 0) is 38.5 Å². The van der Waals surface area contributed by atoms with Gasteiger partial charge in [0.15, 0.2) is 0 Å². The third-order valence-electron chi connectivity index (χ3n) is 6.63. The number of rotatable bonds is 11. The molecule has 0 spiro atoms. The molecular formula is C30H39BO2. The smallest absolute Gasteiger partial charge is 0.522 e. The molecule has 0 fully saturated rings. The van der Waals surface area contributed by atoms with E-state index in [-0.39, 0.29) is 0 Å². The van der Waals surface area contributed by atoms with Crippen molar-refractivity contribution in [3.05, 3.63) is 88.0 Å². The summed E-state index contributed by atoms with van der Waals surface area (Å²) in [5.41, 5.74) is 9.24. The summed E-state index contributed by atoms with van der Waals surface area (Å²) >= 11 is 0. The van der Waals surface area contributed by atoms with Gasteiger partial charge in [0, 0.05) is 5.46 Å². The third kappa shape index (κ3) is 6.02. The van der Waals surface area contributed by atoms with Gasteiger partial charge in [-0.1, -0.05) is 71.9 Å². The zero-order valence-electron chi connectivity index (χ0n) is 21.3. The second-order valence-electron chi connectivity index (χ2n) is 8.58. The zero-order valence-corrected chi connectivity index (χ0v) is 21.3. The number of hydrogen-bond acceptors (Lipinski definition) is 2. The van der Waals surface area contributed by atoms with E-state index in [2.05, 4.69) is 96.1 Å². The minimum Gasteiger partial charge on any atom is -0.522 e. The molecule has 0 aliphatic carbocycles. The van der Waals surface area contributed by atoms with Crippen LogP contribution in [-0.4, -0.2) is 7.12 Å². The van der Waals surface area contributed by atoms with E-state index < -0.39 is 7.12 Å². The van der Waals surface area contributed by atoms with Crippen molar-refractivity contribution in [2.45, 2.75) is 80.1 Å². The van der Waals surface area contributed by atoms with E-state index in [1.807, 2.05) is 0 Å². The van der Waals surface area contributed by atoms with Crippen LogP contribution >= 0.6 is 0 Å². The van der Waals surface area contributed by atoms with Crippen molar-refractivity contribution in [1.29, 1.82) is 0 Å². The van der Waals surface area contributed by atoms with Crippen LogP contribution in [0.4, 0.5) is 0 Å². The first-order valence-electron chi connectivity index (χ1n) is 12.7. The Kier molecular flexibility index (Phi) is 9.06. The van der Waals surface area contributed by atoms with E-state index in [4.69, 9.17) is 9.31 Å². The van der Waals surface area contributed by atoms with E-state index in [1.54, 1.807) is 0 Å². The zero-order chi connectivity index (χ0) is 23.8. The Bertz CT molecular complexity index is 1000. The van der Waals surface area contributed by atoms with Gasteiger partial charge in [-0.15, -0.1) is 0 Å². The second-order valence-corrected chi connectivity index (χ2v) is 8.58. The summed E-state index contributed by atoms with van der Waals surface area (Å²) in [7, 11) is -0.504. The van der Waals surface area contributed by atoms with Gasteiger partial charge in [0.25, 0.3) is 0 Å². The highest BCUT2D eigenvalue weighted by atomic mass is 16.6. The summed E-state index contributed by atoms with van der Waals surface area (Å²) in [6.07, 6.45) is 6.09. The van der Waals surface area contributed by atoms with Gasteiger partial charge < -0.3 is 9.31 Å². The maximum absolute atomic E-state index is 6.53. The van der Waals surface area contributed by atoms with Crippen molar-refractivity contribution in [2.24, 2.45) is 0 Å². The first-order chi connectivity index (χ1) is 16.1. The van der Waals surface area contributed by atoms with Crippen LogP contribution in [0, 0.1) is 0 Å². The molecule has 0 aliphatic heterocycles. The predicted octanol–water partition coefficient (Wildman–Crippen LogP) is 6.91. The fourth-order valence-electron chi connectivity index (χ4n) is 4.57. The Morgan fingerprint density at radius 2 is 0.818 bits per heavy atom. The first-order valence-corrected chi connectivity index (χ1v) is 12.7. The average molecular weight is 442 g/mol. The number of hydrogen-bond donors (Lipinski definition) is 0. The molecule has 3 aromatic carbocycles. The quantitative estimate of drug-likeness (QED) is 0.300. The minimum atomic E-state index is -0.504. The SMILES string of the molecule is CCc1ccc(OB(Oc2ccc(CC)c(CC)c2)c2ccc(CC)c(CC)c2)cc1CC. The maximum Gasteiger partial charge on any atom is 0.632 e. The van der Waals surface area contributed by atoms with E-state index >= 15 is 0 Å². The first kappa shape index (κ1) is 25.0. The number of benzene rings is 3. The minimum absolute atomic E-state index is 0.504. The van der Waals surface area contributed by atoms with Gasteiger partial charge in [-0.2, -0.15) is 0 Å². The van der Waals surface area contributed by atoms with Gasteiger partial charge in [0.2, 0.25) is 0 Å². The van der Waals surface area contributed by atoms with Crippen molar-refractivity contribution >= 4 is 12.6 Å². The highest BCUT2D eigenvalue weighted by Crippen LogP contribution is 2.23. The van der Waals surface area contributed by atoms with Crippen LogP contribution in [0.5, 0.6) is 11.5 Å². The van der Waals surface area contributed by atoms with Gasteiger partial charge in [-0.05, 0) is 96.2 Å². The molecule has 0 N–H and O–H groups in total. The summed E-state index contributed by atoms with van der Waals surface area (Å²) in [6, 6.07) is 19.5. The van der Waals surface area contributed by atoms with Crippen molar-refractivity contribution in [1.82, 2.24) is 0 Å². The fraction of sp³-hybridized carbons (Fsp3) is 0.400. The molecule has 0 heterocycles. The van der Waals surface area contributed by atoms with Crippen molar-refractivity contribution < 1.29 is 9.31 Å². The molecule has 0 bridgehead atoms. The van der Waals surface area contributed by atoms with Crippen molar-refractivity contribution in [2.75, 3.05) is 0 Å². The standard InChI is InChI=1S/C30H39BO2/c1-7-22-13-16-28(19-25(22)10-4)31(32-29-17-14-23(8-2)26(11-5)20-29)33-30-18-15-24(9-3)27(12-6)21-30/h13-21H,7-12H2,1-6H3. The van der Waals surface area contributed by atoms with Crippen molar-refractivity contribution in [3.8, 4) is 11.5 Å². The van der Waals surface area contributed by atoms with Gasteiger partial charge in [-0.3, -0.25) is 0 Å². The maximum atomic E-state index is 6.53. The molecule has 0 saturated carbocycles. The van der Waals surface area contributed by atoms with E-state index in [1.165, 1.54) is 33.4 Å². The Labute approximate surface area is 201 Å². The highest BCUT2D eigenvalue weighted by Gasteiger charge is 2.28. The third-order valence-corrected chi connectivity index (χ3v) is 6.63. The predicted molar refractivity (Wildman–Crippen MR) is 142 cm³/mol. The van der Waals surface area contributed by atoms with Crippen molar-refractivity contribution in [3.63, 3.8) is 0 Å². The van der Waals surface area contributed by atoms with Gasteiger partial charge in [0.1, 0.15) is 11.5 Å². The Balaban J connectivity index is 2.00. The fourth-order valence-corrected chi connectivity index (χ4v) is 4.57. The summed E-state index contributed by atoms with van der Waals surface area (Å²) in [5, 5.41) is 0. The Morgan fingerprint density at radius 1 is 0.455 bits per heavy atom.